The van der Waals surface area contributed by atoms with Crippen molar-refractivity contribution in [2.75, 3.05) is 24.6 Å². The van der Waals surface area contributed by atoms with Gasteiger partial charge in [-0.3, -0.25) is 4.79 Å². The molecular formula is C13H19N3O2S. The van der Waals surface area contributed by atoms with E-state index < -0.39 is 0 Å². The molecule has 0 saturated carbocycles. The zero-order chi connectivity index (χ0) is 14.3. The van der Waals surface area contributed by atoms with Crippen LogP contribution in [-0.4, -0.2) is 30.6 Å². The summed E-state index contributed by atoms with van der Waals surface area (Å²) < 4.78 is 4.89. The van der Waals surface area contributed by atoms with E-state index in [1.54, 1.807) is 6.92 Å². The number of hydrogen-bond donors (Lipinski definition) is 0. The normalized spacial score (nSPS) is 11.7. The smallest absolute Gasteiger partial charge is 0.311 e. The van der Waals surface area contributed by atoms with E-state index in [0.29, 0.717) is 13.2 Å². The van der Waals surface area contributed by atoms with E-state index in [0.717, 1.165) is 17.4 Å². The van der Waals surface area contributed by atoms with E-state index in [1.807, 2.05) is 24.1 Å². The predicted octanol–water partition coefficient (Wildman–Crippen LogP) is 2.23. The van der Waals surface area contributed by atoms with Crippen LogP contribution in [0.3, 0.4) is 0 Å². The van der Waals surface area contributed by atoms with Crippen molar-refractivity contribution in [3.8, 4) is 6.07 Å². The van der Waals surface area contributed by atoms with E-state index in [1.165, 1.54) is 11.3 Å². The number of esters is 1. The van der Waals surface area contributed by atoms with Gasteiger partial charge in [-0.2, -0.15) is 5.26 Å². The van der Waals surface area contributed by atoms with Crippen LogP contribution in [0.2, 0.25) is 0 Å². The number of nitriles is 1. The Bertz CT molecular complexity index is 453. The molecule has 0 aromatic carbocycles. The summed E-state index contributed by atoms with van der Waals surface area (Å²) >= 11 is 1.49. The molecule has 0 spiro atoms. The van der Waals surface area contributed by atoms with Crippen LogP contribution in [0.4, 0.5) is 5.13 Å². The van der Waals surface area contributed by atoms with Crippen LogP contribution >= 0.6 is 11.3 Å². The molecule has 1 aromatic rings. The molecule has 5 nitrogen and oxygen atoms in total. The lowest BCUT2D eigenvalue weighted by Gasteiger charge is -2.20. The van der Waals surface area contributed by atoms with Crippen LogP contribution in [0.5, 0.6) is 0 Å². The summed E-state index contributed by atoms with van der Waals surface area (Å²) in [5, 5.41) is 11.6. The Kier molecular flexibility index (Phi) is 6.30. The molecule has 1 rings (SSSR count). The van der Waals surface area contributed by atoms with Gasteiger partial charge in [-0.05, 0) is 20.8 Å². The van der Waals surface area contributed by atoms with Crippen LogP contribution in [0, 0.1) is 17.2 Å². The van der Waals surface area contributed by atoms with Crippen molar-refractivity contribution in [3.05, 3.63) is 11.1 Å². The van der Waals surface area contributed by atoms with Gasteiger partial charge in [0.2, 0.25) is 0 Å². The molecule has 0 saturated heterocycles. The Hall–Kier alpha value is -1.61. The Labute approximate surface area is 117 Å². The van der Waals surface area contributed by atoms with E-state index in [2.05, 4.69) is 11.1 Å². The van der Waals surface area contributed by atoms with Crippen molar-refractivity contribution in [2.45, 2.75) is 27.2 Å². The van der Waals surface area contributed by atoms with Gasteiger partial charge in [-0.1, -0.05) is 0 Å². The fourth-order valence-electron chi connectivity index (χ4n) is 1.60. The number of aromatic nitrogens is 1. The number of hydrogen-bond acceptors (Lipinski definition) is 6. The molecule has 104 valence electrons. The summed E-state index contributed by atoms with van der Waals surface area (Å²) in [5.41, 5.74) is 0.724. The Balaban J connectivity index is 2.66. The molecule has 1 atom stereocenters. The molecule has 19 heavy (non-hydrogen) atoms. The van der Waals surface area contributed by atoms with E-state index in [9.17, 15) is 4.79 Å². The maximum atomic E-state index is 11.4. The zero-order valence-corrected chi connectivity index (χ0v) is 12.4. The minimum absolute atomic E-state index is 0.0441. The molecule has 0 aliphatic rings. The molecule has 0 fully saturated rings. The number of rotatable bonds is 7. The third kappa shape index (κ3) is 4.87. The van der Waals surface area contributed by atoms with Gasteiger partial charge in [0, 0.05) is 18.5 Å². The van der Waals surface area contributed by atoms with Crippen LogP contribution in [-0.2, 0) is 16.0 Å². The van der Waals surface area contributed by atoms with Crippen LogP contribution in [0.1, 0.15) is 26.5 Å². The number of carbonyl (C=O) groups is 1. The van der Waals surface area contributed by atoms with Gasteiger partial charge in [0.05, 0.1) is 30.7 Å². The summed E-state index contributed by atoms with van der Waals surface area (Å²) in [6, 6.07) is 2.22. The summed E-state index contributed by atoms with van der Waals surface area (Å²) in [6.45, 7) is 7.52. The molecule has 0 aliphatic carbocycles. The van der Waals surface area contributed by atoms with Crippen molar-refractivity contribution in [3.63, 3.8) is 0 Å². The highest BCUT2D eigenvalue weighted by Gasteiger charge is 2.14. The summed E-state index contributed by atoms with van der Waals surface area (Å²) in [5.74, 6) is -0.301. The second kappa shape index (κ2) is 7.74. The lowest BCUT2D eigenvalue weighted by Crippen LogP contribution is -2.27. The van der Waals surface area contributed by atoms with E-state index in [4.69, 9.17) is 10.00 Å². The van der Waals surface area contributed by atoms with Gasteiger partial charge in [-0.15, -0.1) is 11.3 Å². The van der Waals surface area contributed by atoms with Gasteiger partial charge in [0.15, 0.2) is 5.13 Å². The average Bonchev–Trinajstić information content (AvgIpc) is 2.84. The molecule has 1 unspecified atom stereocenters. The molecule has 1 heterocycles. The topological polar surface area (TPSA) is 66.2 Å². The van der Waals surface area contributed by atoms with Crippen LogP contribution in [0.15, 0.2) is 5.38 Å². The second-order valence-electron chi connectivity index (χ2n) is 4.17. The van der Waals surface area contributed by atoms with Gasteiger partial charge in [-0.25, -0.2) is 4.98 Å². The first-order chi connectivity index (χ1) is 9.10. The van der Waals surface area contributed by atoms with Crippen LogP contribution < -0.4 is 4.90 Å². The number of nitrogens with zero attached hydrogens (tertiary/aromatic N) is 3. The predicted molar refractivity (Wildman–Crippen MR) is 75.1 cm³/mol. The third-order valence-corrected chi connectivity index (χ3v) is 3.49. The Morgan fingerprint density at radius 2 is 2.37 bits per heavy atom. The number of ether oxygens (including phenoxy) is 1. The first-order valence-electron chi connectivity index (χ1n) is 6.35. The van der Waals surface area contributed by atoms with Gasteiger partial charge in [0.25, 0.3) is 0 Å². The standard InChI is InChI=1S/C13H19N3O2S/c1-4-16(8-10(3)7-14)13-15-11(9-19-13)6-12(17)18-5-2/h9-10H,4-6,8H2,1-3H3. The maximum absolute atomic E-state index is 11.4. The molecular weight excluding hydrogens is 262 g/mol. The van der Waals surface area contributed by atoms with Crippen LogP contribution in [0.25, 0.3) is 0 Å². The number of anilines is 1. The number of thiazole rings is 1. The minimum Gasteiger partial charge on any atom is -0.466 e. The quantitative estimate of drug-likeness (QED) is 0.717. The molecule has 6 heteroatoms. The third-order valence-electron chi connectivity index (χ3n) is 2.54. The lowest BCUT2D eigenvalue weighted by molar-refractivity contribution is -0.142. The summed E-state index contributed by atoms with van der Waals surface area (Å²) in [7, 11) is 0. The SMILES string of the molecule is CCOC(=O)Cc1csc(N(CC)CC(C)C#N)n1. The average molecular weight is 281 g/mol. The summed E-state index contributed by atoms with van der Waals surface area (Å²) in [4.78, 5) is 17.8. The number of carbonyl (C=O) groups excluding carboxylic acids is 1. The van der Waals surface area contributed by atoms with Crippen molar-refractivity contribution in [1.29, 1.82) is 5.26 Å². The Morgan fingerprint density at radius 3 is 2.95 bits per heavy atom. The first-order valence-corrected chi connectivity index (χ1v) is 7.23. The highest BCUT2D eigenvalue weighted by Crippen LogP contribution is 2.21. The van der Waals surface area contributed by atoms with E-state index in [-0.39, 0.29) is 18.3 Å². The fraction of sp³-hybridized carbons (Fsp3) is 0.615. The molecule has 1 aromatic heterocycles. The van der Waals surface area contributed by atoms with Crippen molar-refractivity contribution in [1.82, 2.24) is 4.98 Å². The lowest BCUT2D eigenvalue weighted by atomic mass is 10.2. The largest absolute Gasteiger partial charge is 0.466 e. The molecule has 0 N–H and O–H groups in total. The van der Waals surface area contributed by atoms with Gasteiger partial charge >= 0.3 is 5.97 Å². The highest BCUT2D eigenvalue weighted by atomic mass is 32.1. The summed E-state index contributed by atoms with van der Waals surface area (Å²) in [6.07, 6.45) is 0.204. The molecule has 0 amide bonds. The maximum Gasteiger partial charge on any atom is 0.311 e. The fourth-order valence-corrected chi connectivity index (χ4v) is 2.50. The molecule has 0 aliphatic heterocycles. The minimum atomic E-state index is -0.257. The highest BCUT2D eigenvalue weighted by molar-refractivity contribution is 7.13. The Morgan fingerprint density at radius 1 is 1.63 bits per heavy atom. The first kappa shape index (κ1) is 15.4. The van der Waals surface area contributed by atoms with Crippen molar-refractivity contribution >= 4 is 22.4 Å². The van der Waals surface area contributed by atoms with E-state index >= 15 is 0 Å². The second-order valence-corrected chi connectivity index (χ2v) is 5.01. The van der Waals surface area contributed by atoms with Gasteiger partial charge in [0.1, 0.15) is 0 Å². The molecule has 0 bridgehead atoms. The monoisotopic (exact) mass is 281 g/mol. The van der Waals surface area contributed by atoms with Crippen molar-refractivity contribution < 1.29 is 9.53 Å². The molecule has 0 radical (unpaired) electrons. The van der Waals surface area contributed by atoms with Crippen molar-refractivity contribution in [2.24, 2.45) is 5.92 Å². The van der Waals surface area contributed by atoms with Gasteiger partial charge < -0.3 is 9.64 Å². The zero-order valence-electron chi connectivity index (χ0n) is 11.5.